The Morgan fingerprint density at radius 3 is 2.08 bits per heavy atom. The highest BCUT2D eigenvalue weighted by molar-refractivity contribution is 4.74. The van der Waals surface area contributed by atoms with E-state index in [0.717, 1.165) is 12.8 Å². The third-order valence-corrected chi connectivity index (χ3v) is 2.70. The molecule has 0 saturated carbocycles. The largest absolute Gasteiger partial charge is 0.393 e. The van der Waals surface area contributed by atoms with Crippen molar-refractivity contribution in [1.29, 1.82) is 0 Å². The third-order valence-electron chi connectivity index (χ3n) is 2.70. The third kappa shape index (κ3) is 6.05. The van der Waals surface area contributed by atoms with Crippen LogP contribution in [-0.4, -0.2) is 22.4 Å². The Morgan fingerprint density at radius 2 is 1.62 bits per heavy atom. The molecule has 0 amide bonds. The lowest BCUT2D eigenvalue weighted by atomic mass is 9.94. The summed E-state index contributed by atoms with van der Waals surface area (Å²) in [7, 11) is 0. The first kappa shape index (κ1) is 12.9. The zero-order valence-corrected chi connectivity index (χ0v) is 9.05. The first-order valence-corrected chi connectivity index (χ1v) is 5.51. The first-order chi connectivity index (χ1) is 6.18. The van der Waals surface area contributed by atoms with Gasteiger partial charge in [-0.3, -0.25) is 0 Å². The van der Waals surface area contributed by atoms with E-state index in [1.165, 1.54) is 25.7 Å². The zero-order valence-electron chi connectivity index (χ0n) is 9.05. The minimum atomic E-state index is -0.813. The van der Waals surface area contributed by atoms with Crippen LogP contribution in [0.1, 0.15) is 58.8 Å². The molecule has 80 valence electrons. The van der Waals surface area contributed by atoms with Crippen LogP contribution in [0.5, 0.6) is 0 Å². The summed E-state index contributed by atoms with van der Waals surface area (Å²) in [6, 6.07) is 0. The van der Waals surface area contributed by atoms with Crippen LogP contribution < -0.4 is 0 Å². The Bertz CT molecular complexity index is 109. The summed E-state index contributed by atoms with van der Waals surface area (Å²) in [5, 5.41) is 18.7. The van der Waals surface area contributed by atoms with Gasteiger partial charge in [0.1, 0.15) is 0 Å². The average molecular weight is 188 g/mol. The molecule has 1 unspecified atom stereocenters. The molecule has 0 aliphatic heterocycles. The van der Waals surface area contributed by atoms with E-state index in [9.17, 15) is 5.11 Å². The van der Waals surface area contributed by atoms with Crippen molar-refractivity contribution in [3.8, 4) is 0 Å². The summed E-state index contributed by atoms with van der Waals surface area (Å²) in [5.41, 5.74) is -0.813. The molecule has 0 aromatic rings. The fourth-order valence-electron chi connectivity index (χ4n) is 1.43. The Balaban J connectivity index is 3.39. The SMILES string of the molecule is CCCCCCCC(O)(CC)CO. The molecule has 0 radical (unpaired) electrons. The van der Waals surface area contributed by atoms with Gasteiger partial charge in [0, 0.05) is 0 Å². The number of aliphatic hydroxyl groups is 2. The number of rotatable bonds is 8. The van der Waals surface area contributed by atoms with Crippen molar-refractivity contribution in [2.45, 2.75) is 64.4 Å². The van der Waals surface area contributed by atoms with Crippen LogP contribution in [0, 0.1) is 0 Å². The van der Waals surface area contributed by atoms with Gasteiger partial charge in [0.05, 0.1) is 12.2 Å². The summed E-state index contributed by atoms with van der Waals surface area (Å²) in [6.45, 7) is 4.01. The van der Waals surface area contributed by atoms with Gasteiger partial charge in [-0.05, 0) is 12.8 Å². The van der Waals surface area contributed by atoms with Crippen molar-refractivity contribution in [2.24, 2.45) is 0 Å². The van der Waals surface area contributed by atoms with Crippen LogP contribution in [0.15, 0.2) is 0 Å². The van der Waals surface area contributed by atoms with Gasteiger partial charge in [0.15, 0.2) is 0 Å². The number of hydrogen-bond acceptors (Lipinski definition) is 2. The van der Waals surface area contributed by atoms with Gasteiger partial charge >= 0.3 is 0 Å². The van der Waals surface area contributed by atoms with E-state index in [4.69, 9.17) is 5.11 Å². The quantitative estimate of drug-likeness (QED) is 0.574. The van der Waals surface area contributed by atoms with Crippen LogP contribution in [0.25, 0.3) is 0 Å². The molecule has 0 heterocycles. The van der Waals surface area contributed by atoms with Gasteiger partial charge in [0.2, 0.25) is 0 Å². The second kappa shape index (κ2) is 7.34. The van der Waals surface area contributed by atoms with Crippen molar-refractivity contribution >= 4 is 0 Å². The van der Waals surface area contributed by atoms with Gasteiger partial charge in [-0.1, -0.05) is 46.0 Å². The predicted octanol–water partition coefficient (Wildman–Crippen LogP) is 2.48. The molecular weight excluding hydrogens is 164 g/mol. The van der Waals surface area contributed by atoms with Gasteiger partial charge < -0.3 is 10.2 Å². The summed E-state index contributed by atoms with van der Waals surface area (Å²) in [6.07, 6.45) is 7.38. The highest BCUT2D eigenvalue weighted by atomic mass is 16.3. The molecule has 0 aliphatic rings. The van der Waals surface area contributed by atoms with E-state index < -0.39 is 5.60 Å². The van der Waals surface area contributed by atoms with Gasteiger partial charge in [0.25, 0.3) is 0 Å². The Morgan fingerprint density at radius 1 is 1.00 bits per heavy atom. The van der Waals surface area contributed by atoms with Crippen LogP contribution >= 0.6 is 0 Å². The lowest BCUT2D eigenvalue weighted by Crippen LogP contribution is -2.32. The molecule has 0 fully saturated rings. The van der Waals surface area contributed by atoms with Crippen LogP contribution in [0.4, 0.5) is 0 Å². The molecule has 13 heavy (non-hydrogen) atoms. The van der Waals surface area contributed by atoms with Crippen LogP contribution in [0.3, 0.4) is 0 Å². The zero-order chi connectivity index (χ0) is 10.2. The smallest absolute Gasteiger partial charge is 0.0874 e. The molecule has 0 spiro atoms. The minimum Gasteiger partial charge on any atom is -0.393 e. The Hall–Kier alpha value is -0.0800. The van der Waals surface area contributed by atoms with Crippen molar-refractivity contribution in [3.63, 3.8) is 0 Å². The number of hydrogen-bond donors (Lipinski definition) is 2. The maximum atomic E-state index is 9.74. The average Bonchev–Trinajstić information content (AvgIpc) is 2.17. The maximum Gasteiger partial charge on any atom is 0.0874 e. The number of aliphatic hydroxyl groups excluding tert-OH is 1. The lowest BCUT2D eigenvalue weighted by molar-refractivity contribution is -0.0259. The van der Waals surface area contributed by atoms with E-state index in [1.807, 2.05) is 6.92 Å². The molecule has 0 aromatic heterocycles. The molecule has 1 atom stereocenters. The molecule has 2 N–H and O–H groups in total. The first-order valence-electron chi connectivity index (χ1n) is 5.51. The predicted molar refractivity (Wildman–Crippen MR) is 55.7 cm³/mol. The normalized spacial score (nSPS) is 15.7. The van der Waals surface area contributed by atoms with Gasteiger partial charge in [-0.15, -0.1) is 0 Å². The van der Waals surface area contributed by atoms with Crippen molar-refractivity contribution in [1.82, 2.24) is 0 Å². The van der Waals surface area contributed by atoms with E-state index in [2.05, 4.69) is 6.92 Å². The topological polar surface area (TPSA) is 40.5 Å². The minimum absolute atomic E-state index is 0.0999. The fraction of sp³-hybridized carbons (Fsp3) is 1.00. The van der Waals surface area contributed by atoms with E-state index in [0.29, 0.717) is 6.42 Å². The molecule has 2 heteroatoms. The van der Waals surface area contributed by atoms with Crippen molar-refractivity contribution < 1.29 is 10.2 Å². The van der Waals surface area contributed by atoms with E-state index >= 15 is 0 Å². The fourth-order valence-corrected chi connectivity index (χ4v) is 1.43. The molecule has 0 aliphatic carbocycles. The molecule has 0 rings (SSSR count). The van der Waals surface area contributed by atoms with Crippen molar-refractivity contribution in [2.75, 3.05) is 6.61 Å². The van der Waals surface area contributed by atoms with Crippen molar-refractivity contribution in [3.05, 3.63) is 0 Å². The highest BCUT2D eigenvalue weighted by Crippen LogP contribution is 2.18. The molecule has 0 bridgehead atoms. The lowest BCUT2D eigenvalue weighted by Gasteiger charge is -2.23. The summed E-state index contributed by atoms with van der Waals surface area (Å²) < 4.78 is 0. The Labute approximate surface area is 82.0 Å². The summed E-state index contributed by atoms with van der Waals surface area (Å²) >= 11 is 0. The highest BCUT2D eigenvalue weighted by Gasteiger charge is 2.22. The Kier molecular flexibility index (Phi) is 7.29. The van der Waals surface area contributed by atoms with E-state index in [-0.39, 0.29) is 6.61 Å². The monoisotopic (exact) mass is 188 g/mol. The number of unbranched alkanes of at least 4 members (excludes halogenated alkanes) is 4. The molecule has 0 aromatic carbocycles. The van der Waals surface area contributed by atoms with Crippen LogP contribution in [0.2, 0.25) is 0 Å². The second-order valence-electron chi connectivity index (χ2n) is 3.90. The van der Waals surface area contributed by atoms with E-state index in [1.54, 1.807) is 0 Å². The maximum absolute atomic E-state index is 9.74. The standard InChI is InChI=1S/C11H24O2/c1-3-5-6-7-8-9-11(13,4-2)10-12/h12-13H,3-10H2,1-2H3. The summed E-state index contributed by atoms with van der Waals surface area (Å²) in [5.74, 6) is 0. The van der Waals surface area contributed by atoms with Gasteiger partial charge in [-0.25, -0.2) is 0 Å². The summed E-state index contributed by atoms with van der Waals surface area (Å²) in [4.78, 5) is 0. The van der Waals surface area contributed by atoms with Crippen LogP contribution in [-0.2, 0) is 0 Å². The second-order valence-corrected chi connectivity index (χ2v) is 3.90. The molecule has 0 saturated heterocycles. The molecular formula is C11H24O2. The van der Waals surface area contributed by atoms with Gasteiger partial charge in [-0.2, -0.15) is 0 Å². The molecule has 2 nitrogen and oxygen atoms in total.